The number of aliphatic hydroxyl groups is 1. The number of hydrogen-bond acceptors (Lipinski definition) is 4. The van der Waals surface area contributed by atoms with Crippen molar-refractivity contribution in [1.29, 1.82) is 0 Å². The van der Waals surface area contributed by atoms with Crippen LogP contribution in [0.2, 0.25) is 0 Å². The van der Waals surface area contributed by atoms with E-state index in [4.69, 9.17) is 5.73 Å². The third-order valence-electron chi connectivity index (χ3n) is 3.31. The number of thioether (sulfide) groups is 1. The summed E-state index contributed by atoms with van der Waals surface area (Å²) in [7, 11) is 0. The Morgan fingerprint density at radius 1 is 1.41 bits per heavy atom. The summed E-state index contributed by atoms with van der Waals surface area (Å²) < 4.78 is 0. The van der Waals surface area contributed by atoms with Crippen molar-refractivity contribution in [3.05, 3.63) is 23.8 Å². The predicted molar refractivity (Wildman–Crippen MR) is 73.4 cm³/mol. The van der Waals surface area contributed by atoms with Crippen molar-refractivity contribution in [1.82, 2.24) is 5.32 Å². The molecular weight excluding hydrogens is 232 g/mol. The number of rotatable bonds is 3. The van der Waals surface area contributed by atoms with Crippen LogP contribution in [0.5, 0.6) is 0 Å². The third kappa shape index (κ3) is 3.15. The summed E-state index contributed by atoms with van der Waals surface area (Å²) in [4.78, 5) is 1.08. The molecule has 1 aromatic carbocycles. The fourth-order valence-electron chi connectivity index (χ4n) is 2.03. The Bertz CT molecular complexity index is 389. The summed E-state index contributed by atoms with van der Waals surface area (Å²) in [6.07, 6.45) is 1.65. The Morgan fingerprint density at radius 2 is 2.12 bits per heavy atom. The van der Waals surface area contributed by atoms with Gasteiger partial charge < -0.3 is 16.2 Å². The molecule has 1 fully saturated rings. The maximum Gasteiger partial charge on any atom is 0.0765 e. The van der Waals surface area contributed by atoms with Crippen LogP contribution in [0.15, 0.2) is 23.1 Å². The summed E-state index contributed by atoms with van der Waals surface area (Å²) in [5.74, 6) is 0.725. The molecule has 4 N–H and O–H groups in total. The Hall–Kier alpha value is -0.710. The van der Waals surface area contributed by atoms with Gasteiger partial charge in [-0.1, -0.05) is 12.1 Å². The highest BCUT2D eigenvalue weighted by molar-refractivity contribution is 7.99. The van der Waals surface area contributed by atoms with Gasteiger partial charge in [0.25, 0.3) is 0 Å². The molecule has 1 aliphatic heterocycles. The summed E-state index contributed by atoms with van der Waals surface area (Å²) in [6, 6.07) is 6.05. The highest BCUT2D eigenvalue weighted by Crippen LogP contribution is 2.32. The lowest BCUT2D eigenvalue weighted by molar-refractivity contribution is 0.0339. The second-order valence-corrected chi connectivity index (χ2v) is 5.77. The van der Waals surface area contributed by atoms with Crippen molar-refractivity contribution in [2.24, 2.45) is 0 Å². The van der Waals surface area contributed by atoms with E-state index < -0.39 is 5.60 Å². The average molecular weight is 252 g/mol. The van der Waals surface area contributed by atoms with Crippen LogP contribution in [0, 0.1) is 6.92 Å². The normalized spacial score (nSPS) is 19.2. The van der Waals surface area contributed by atoms with E-state index in [0.29, 0.717) is 0 Å². The molecular formula is C13H20N2OS. The van der Waals surface area contributed by atoms with Crippen molar-refractivity contribution in [2.75, 3.05) is 24.6 Å². The van der Waals surface area contributed by atoms with Gasteiger partial charge in [-0.25, -0.2) is 0 Å². The molecule has 0 saturated carbocycles. The Labute approximate surface area is 107 Å². The third-order valence-corrected chi connectivity index (χ3v) is 4.66. The number of para-hydroxylation sites is 1. The van der Waals surface area contributed by atoms with E-state index in [0.717, 1.165) is 47.8 Å². The number of nitrogens with two attached hydrogens (primary N) is 1. The maximum absolute atomic E-state index is 10.4. The summed E-state index contributed by atoms with van der Waals surface area (Å²) in [5.41, 5.74) is 7.44. The van der Waals surface area contributed by atoms with E-state index in [1.54, 1.807) is 11.8 Å². The second kappa shape index (κ2) is 5.29. The molecule has 1 aromatic rings. The standard InChI is InChI=1S/C13H20N2OS/c1-10-3-2-4-11(12(10)14)17-9-13(16)5-7-15-8-6-13/h2-4,15-16H,5-9,14H2,1H3. The molecule has 94 valence electrons. The average Bonchev–Trinajstić information content (AvgIpc) is 2.32. The predicted octanol–water partition coefficient (Wildman–Crippen LogP) is 1.78. The first kappa shape index (κ1) is 12.7. The van der Waals surface area contributed by atoms with Crippen LogP contribution in [0.25, 0.3) is 0 Å². The van der Waals surface area contributed by atoms with Gasteiger partial charge >= 0.3 is 0 Å². The molecule has 0 radical (unpaired) electrons. The van der Waals surface area contributed by atoms with Crippen LogP contribution in [0.4, 0.5) is 5.69 Å². The molecule has 0 unspecified atom stereocenters. The van der Waals surface area contributed by atoms with Crippen molar-refractivity contribution >= 4 is 17.4 Å². The zero-order valence-corrected chi connectivity index (χ0v) is 11.0. The van der Waals surface area contributed by atoms with Gasteiger partial charge in [0.1, 0.15) is 0 Å². The molecule has 0 aromatic heterocycles. The van der Waals surface area contributed by atoms with E-state index in [-0.39, 0.29) is 0 Å². The first-order valence-corrected chi connectivity index (χ1v) is 7.00. The molecule has 4 heteroatoms. The van der Waals surface area contributed by atoms with Gasteiger partial charge in [-0.3, -0.25) is 0 Å². The number of nitrogens with one attached hydrogen (secondary N) is 1. The van der Waals surface area contributed by atoms with Crippen LogP contribution in [-0.4, -0.2) is 29.5 Å². The van der Waals surface area contributed by atoms with Crippen molar-refractivity contribution < 1.29 is 5.11 Å². The maximum atomic E-state index is 10.4. The molecule has 0 aliphatic carbocycles. The Balaban J connectivity index is 1.99. The molecule has 1 saturated heterocycles. The van der Waals surface area contributed by atoms with Gasteiger partial charge in [-0.15, -0.1) is 11.8 Å². The molecule has 0 bridgehead atoms. The molecule has 3 nitrogen and oxygen atoms in total. The topological polar surface area (TPSA) is 58.3 Å². The Morgan fingerprint density at radius 3 is 2.82 bits per heavy atom. The molecule has 1 heterocycles. The molecule has 17 heavy (non-hydrogen) atoms. The summed E-state index contributed by atoms with van der Waals surface area (Å²) in [6.45, 7) is 3.82. The van der Waals surface area contributed by atoms with Crippen molar-refractivity contribution in [3.8, 4) is 0 Å². The fourth-order valence-corrected chi connectivity index (χ4v) is 3.23. The van der Waals surface area contributed by atoms with Crippen LogP contribution >= 0.6 is 11.8 Å². The molecule has 0 spiro atoms. The van der Waals surface area contributed by atoms with E-state index in [9.17, 15) is 5.11 Å². The van der Waals surface area contributed by atoms with Crippen LogP contribution in [0.1, 0.15) is 18.4 Å². The van der Waals surface area contributed by atoms with Crippen LogP contribution in [-0.2, 0) is 0 Å². The van der Waals surface area contributed by atoms with E-state index in [2.05, 4.69) is 5.32 Å². The number of benzene rings is 1. The van der Waals surface area contributed by atoms with Crippen molar-refractivity contribution in [2.45, 2.75) is 30.3 Å². The van der Waals surface area contributed by atoms with Gasteiger partial charge in [-0.2, -0.15) is 0 Å². The lowest BCUT2D eigenvalue weighted by Crippen LogP contribution is -2.43. The van der Waals surface area contributed by atoms with Gasteiger partial charge in [0.2, 0.25) is 0 Å². The number of nitrogen functional groups attached to an aromatic ring is 1. The molecule has 0 atom stereocenters. The minimum atomic E-state index is -0.536. The molecule has 2 rings (SSSR count). The smallest absolute Gasteiger partial charge is 0.0765 e. The lowest BCUT2D eigenvalue weighted by atomic mass is 9.95. The second-order valence-electron chi connectivity index (χ2n) is 4.75. The fraction of sp³-hybridized carbons (Fsp3) is 0.538. The van der Waals surface area contributed by atoms with E-state index in [1.165, 1.54) is 0 Å². The minimum absolute atomic E-state index is 0.536. The molecule has 0 amide bonds. The highest BCUT2D eigenvalue weighted by Gasteiger charge is 2.29. The number of aryl methyl sites for hydroxylation is 1. The zero-order chi connectivity index (χ0) is 12.3. The van der Waals surface area contributed by atoms with Crippen LogP contribution < -0.4 is 11.1 Å². The van der Waals surface area contributed by atoms with Gasteiger partial charge in [-0.05, 0) is 44.5 Å². The van der Waals surface area contributed by atoms with E-state index in [1.807, 2.05) is 25.1 Å². The first-order valence-electron chi connectivity index (χ1n) is 6.02. The van der Waals surface area contributed by atoms with Gasteiger partial charge in [0.05, 0.1) is 5.60 Å². The first-order chi connectivity index (χ1) is 8.11. The Kier molecular flexibility index (Phi) is 3.97. The summed E-state index contributed by atoms with van der Waals surface area (Å²) >= 11 is 1.66. The zero-order valence-electron chi connectivity index (χ0n) is 10.2. The highest BCUT2D eigenvalue weighted by atomic mass is 32.2. The van der Waals surface area contributed by atoms with Crippen LogP contribution in [0.3, 0.4) is 0 Å². The number of piperidine rings is 1. The van der Waals surface area contributed by atoms with Gasteiger partial charge in [0, 0.05) is 16.3 Å². The SMILES string of the molecule is Cc1cccc(SCC2(O)CCNCC2)c1N. The van der Waals surface area contributed by atoms with Crippen molar-refractivity contribution in [3.63, 3.8) is 0 Å². The number of anilines is 1. The largest absolute Gasteiger partial charge is 0.398 e. The monoisotopic (exact) mass is 252 g/mol. The lowest BCUT2D eigenvalue weighted by Gasteiger charge is -2.32. The van der Waals surface area contributed by atoms with Gasteiger partial charge in [0.15, 0.2) is 0 Å². The summed E-state index contributed by atoms with van der Waals surface area (Å²) in [5, 5.41) is 13.7. The molecule has 1 aliphatic rings. The minimum Gasteiger partial charge on any atom is -0.398 e. The van der Waals surface area contributed by atoms with E-state index >= 15 is 0 Å². The number of hydrogen-bond donors (Lipinski definition) is 3. The quantitative estimate of drug-likeness (QED) is 0.567.